The van der Waals surface area contributed by atoms with E-state index in [9.17, 15) is 28.1 Å². The molecule has 0 radical (unpaired) electrons. The third-order valence-corrected chi connectivity index (χ3v) is 7.32. The Morgan fingerprint density at radius 2 is 1.96 bits per heavy atom. The molecule has 1 saturated heterocycles. The predicted molar refractivity (Wildman–Crippen MR) is 94.9 cm³/mol. The lowest BCUT2D eigenvalue weighted by Crippen LogP contribution is -2.49. The number of amides is 1. The van der Waals surface area contributed by atoms with Crippen LogP contribution in [0.4, 0.5) is 0 Å². The van der Waals surface area contributed by atoms with Crippen molar-refractivity contribution in [3.05, 3.63) is 32.1 Å². The minimum atomic E-state index is -3.16. The fraction of sp³-hybridized carbons (Fsp3) is 0.647. The summed E-state index contributed by atoms with van der Waals surface area (Å²) >= 11 is 0. The summed E-state index contributed by atoms with van der Waals surface area (Å²) in [6.07, 6.45) is 3.14. The van der Waals surface area contributed by atoms with Crippen LogP contribution in [0.25, 0.3) is 0 Å². The van der Waals surface area contributed by atoms with Gasteiger partial charge in [-0.15, -0.1) is 0 Å². The molecule has 1 atom stereocenters. The lowest BCUT2D eigenvalue weighted by molar-refractivity contribution is -0.134. The molecule has 4 rings (SSSR count). The highest BCUT2D eigenvalue weighted by molar-refractivity contribution is 7.91. The molecule has 1 saturated carbocycles. The summed E-state index contributed by atoms with van der Waals surface area (Å²) in [6, 6.07) is 1.44. The predicted octanol–water partition coefficient (Wildman–Crippen LogP) is -0.994. The molecule has 2 fully saturated rings. The Morgan fingerprint density at radius 3 is 2.56 bits per heavy atom. The van der Waals surface area contributed by atoms with Crippen molar-refractivity contribution < 1.29 is 13.2 Å². The number of sulfone groups is 1. The van der Waals surface area contributed by atoms with Crippen LogP contribution in [0, 0.1) is 11.3 Å². The number of nitrogens with zero attached hydrogens (tertiary/aromatic N) is 4. The average Bonchev–Trinajstić information content (AvgIpc) is 3.20. The van der Waals surface area contributed by atoms with Crippen LogP contribution in [0.3, 0.4) is 0 Å². The van der Waals surface area contributed by atoms with Crippen molar-refractivity contribution >= 4 is 15.7 Å². The number of nitriles is 1. The maximum absolute atomic E-state index is 12.9. The summed E-state index contributed by atoms with van der Waals surface area (Å²) in [5.74, 6) is -0.452. The second-order valence-electron chi connectivity index (χ2n) is 7.45. The standard InChI is InChI=1S/C17H20N4O5S/c18-8-13-14-2-1-6-19(14)17(24)20(16(13)23)9-15(22)21(11-3-4-11)12-5-7-27(25,26)10-12/h11-12H,1-7,9-10H2/t12-/m0/s1. The molecular formula is C17H20N4O5S. The van der Waals surface area contributed by atoms with E-state index in [4.69, 9.17) is 0 Å². The van der Waals surface area contributed by atoms with Gasteiger partial charge in [0.05, 0.1) is 11.5 Å². The van der Waals surface area contributed by atoms with Crippen molar-refractivity contribution in [2.45, 2.75) is 57.3 Å². The Balaban J connectivity index is 1.68. The van der Waals surface area contributed by atoms with E-state index in [-0.39, 0.29) is 23.1 Å². The monoisotopic (exact) mass is 392 g/mol. The number of carbonyl (C=O) groups excluding carboxylic acids is 1. The Hall–Kier alpha value is -2.41. The Labute approximate surface area is 155 Å². The van der Waals surface area contributed by atoms with Crippen LogP contribution in [0.15, 0.2) is 9.59 Å². The minimum Gasteiger partial charge on any atom is -0.334 e. The SMILES string of the molecule is N#Cc1c2n(c(=O)n(CC(=O)N(C3CC3)[C@H]3CCS(=O)(=O)C3)c1=O)CCC2. The second-order valence-corrected chi connectivity index (χ2v) is 9.68. The smallest absolute Gasteiger partial charge is 0.331 e. The highest BCUT2D eigenvalue weighted by atomic mass is 32.2. The van der Waals surface area contributed by atoms with Gasteiger partial charge in [-0.05, 0) is 32.1 Å². The molecule has 0 bridgehead atoms. The molecule has 0 spiro atoms. The van der Waals surface area contributed by atoms with E-state index in [1.54, 1.807) is 4.90 Å². The number of hydrogen-bond donors (Lipinski definition) is 0. The molecule has 1 aromatic heterocycles. The van der Waals surface area contributed by atoms with Gasteiger partial charge in [0.15, 0.2) is 9.84 Å². The van der Waals surface area contributed by atoms with Gasteiger partial charge < -0.3 is 4.90 Å². The highest BCUT2D eigenvalue weighted by Crippen LogP contribution is 2.32. The van der Waals surface area contributed by atoms with E-state index in [0.29, 0.717) is 31.5 Å². The van der Waals surface area contributed by atoms with Crippen LogP contribution >= 0.6 is 0 Å². The molecule has 9 nitrogen and oxygen atoms in total. The zero-order valence-electron chi connectivity index (χ0n) is 14.8. The molecule has 3 aliphatic rings. The first-order valence-electron chi connectivity index (χ1n) is 9.10. The van der Waals surface area contributed by atoms with Gasteiger partial charge in [0.1, 0.15) is 18.2 Å². The van der Waals surface area contributed by atoms with E-state index >= 15 is 0 Å². The molecule has 144 valence electrons. The van der Waals surface area contributed by atoms with Gasteiger partial charge in [0.2, 0.25) is 5.91 Å². The number of carbonyl (C=O) groups is 1. The van der Waals surface area contributed by atoms with Crippen LogP contribution in [-0.4, -0.2) is 51.9 Å². The normalized spacial score (nSPS) is 23.0. The summed E-state index contributed by atoms with van der Waals surface area (Å²) in [4.78, 5) is 39.8. The average molecular weight is 392 g/mol. The van der Waals surface area contributed by atoms with Gasteiger partial charge in [0, 0.05) is 24.3 Å². The van der Waals surface area contributed by atoms with Crippen LogP contribution in [-0.2, 0) is 34.1 Å². The zero-order valence-corrected chi connectivity index (χ0v) is 15.6. The maximum Gasteiger partial charge on any atom is 0.331 e. The summed E-state index contributed by atoms with van der Waals surface area (Å²) in [6.45, 7) is -0.0375. The second kappa shape index (κ2) is 6.34. The maximum atomic E-state index is 12.9. The van der Waals surface area contributed by atoms with Crippen molar-refractivity contribution in [1.82, 2.24) is 14.0 Å². The Morgan fingerprint density at radius 1 is 1.22 bits per heavy atom. The van der Waals surface area contributed by atoms with Crippen LogP contribution in [0.2, 0.25) is 0 Å². The van der Waals surface area contributed by atoms with Gasteiger partial charge in [-0.25, -0.2) is 17.8 Å². The van der Waals surface area contributed by atoms with Gasteiger partial charge in [-0.2, -0.15) is 5.26 Å². The molecular weight excluding hydrogens is 372 g/mol. The molecule has 2 aliphatic heterocycles. The summed E-state index contributed by atoms with van der Waals surface area (Å²) in [5.41, 5.74) is -0.952. The van der Waals surface area contributed by atoms with Gasteiger partial charge in [0.25, 0.3) is 5.56 Å². The summed E-state index contributed by atoms with van der Waals surface area (Å²) in [5, 5.41) is 9.33. The fourth-order valence-corrected chi connectivity index (χ4v) is 5.87. The van der Waals surface area contributed by atoms with Crippen molar-refractivity contribution in [2.75, 3.05) is 11.5 Å². The molecule has 3 heterocycles. The summed E-state index contributed by atoms with van der Waals surface area (Å²) in [7, 11) is -3.16. The van der Waals surface area contributed by atoms with Crippen molar-refractivity contribution in [2.24, 2.45) is 0 Å². The van der Waals surface area contributed by atoms with E-state index in [1.807, 2.05) is 6.07 Å². The number of fused-ring (bicyclic) bond motifs is 1. The van der Waals surface area contributed by atoms with E-state index in [2.05, 4.69) is 0 Å². The largest absolute Gasteiger partial charge is 0.334 e. The van der Waals surface area contributed by atoms with Gasteiger partial charge in [-0.3, -0.25) is 14.2 Å². The minimum absolute atomic E-state index is 0.0286. The van der Waals surface area contributed by atoms with Gasteiger partial charge in [-0.1, -0.05) is 0 Å². The van der Waals surface area contributed by atoms with Crippen molar-refractivity contribution in [1.29, 1.82) is 5.26 Å². The third-order valence-electron chi connectivity index (χ3n) is 5.57. The fourth-order valence-electron chi connectivity index (χ4n) is 4.16. The number of hydrogen-bond acceptors (Lipinski definition) is 6. The molecule has 0 unspecified atom stereocenters. The highest BCUT2D eigenvalue weighted by Gasteiger charge is 2.42. The van der Waals surface area contributed by atoms with E-state index in [1.165, 1.54) is 4.57 Å². The van der Waals surface area contributed by atoms with Gasteiger partial charge >= 0.3 is 5.69 Å². The Kier molecular flexibility index (Phi) is 4.22. The first kappa shape index (κ1) is 18.0. The Bertz CT molecular complexity index is 1070. The molecule has 27 heavy (non-hydrogen) atoms. The van der Waals surface area contributed by atoms with Crippen molar-refractivity contribution in [3.63, 3.8) is 0 Å². The van der Waals surface area contributed by atoms with Crippen LogP contribution in [0.1, 0.15) is 36.9 Å². The summed E-state index contributed by atoms with van der Waals surface area (Å²) < 4.78 is 25.8. The molecule has 0 N–H and O–H groups in total. The molecule has 1 aliphatic carbocycles. The molecule has 1 aromatic rings. The number of aromatic nitrogens is 2. The van der Waals surface area contributed by atoms with E-state index < -0.39 is 39.6 Å². The quantitative estimate of drug-likeness (QED) is 0.648. The van der Waals surface area contributed by atoms with Crippen LogP contribution < -0.4 is 11.2 Å². The molecule has 0 aromatic carbocycles. The topological polar surface area (TPSA) is 122 Å². The van der Waals surface area contributed by atoms with Crippen molar-refractivity contribution in [3.8, 4) is 6.07 Å². The first-order valence-corrected chi connectivity index (χ1v) is 10.9. The van der Waals surface area contributed by atoms with Crippen LogP contribution in [0.5, 0.6) is 0 Å². The first-order chi connectivity index (χ1) is 12.8. The molecule has 1 amide bonds. The number of rotatable bonds is 4. The third kappa shape index (κ3) is 3.10. The lowest BCUT2D eigenvalue weighted by atomic mass is 10.2. The van der Waals surface area contributed by atoms with E-state index in [0.717, 1.165) is 17.4 Å². The lowest BCUT2D eigenvalue weighted by Gasteiger charge is -2.28. The zero-order chi connectivity index (χ0) is 19.3. The molecule has 10 heteroatoms.